The molecule has 0 saturated heterocycles. The molecule has 18 heavy (non-hydrogen) atoms. The summed E-state index contributed by atoms with van der Waals surface area (Å²) in [5.74, 6) is 0.316. The van der Waals surface area contributed by atoms with E-state index in [9.17, 15) is 4.79 Å². The molecule has 0 unspecified atom stereocenters. The van der Waals surface area contributed by atoms with Crippen molar-refractivity contribution in [3.05, 3.63) is 29.9 Å². The smallest absolute Gasteiger partial charge is 0.315 e. The van der Waals surface area contributed by atoms with Gasteiger partial charge in [-0.15, -0.1) is 0 Å². The molecule has 0 amide bonds. The van der Waals surface area contributed by atoms with Crippen LogP contribution in [0.25, 0.3) is 11.4 Å². The minimum atomic E-state index is -0.376. The molecule has 0 N–H and O–H groups in total. The predicted octanol–water partition coefficient (Wildman–Crippen LogP) is 1.55. The van der Waals surface area contributed by atoms with Crippen LogP contribution in [-0.2, 0) is 16.0 Å². The second-order valence-corrected chi connectivity index (χ2v) is 3.68. The minimum absolute atomic E-state index is 0.00902. The number of pyridine rings is 1. The molecule has 2 aromatic rings. The molecule has 0 aliphatic rings. The molecular formula is C12H13N3O3. The van der Waals surface area contributed by atoms with Gasteiger partial charge in [-0.25, -0.2) is 0 Å². The van der Waals surface area contributed by atoms with Gasteiger partial charge in [-0.05, 0) is 26.0 Å². The lowest BCUT2D eigenvalue weighted by molar-refractivity contribution is -0.142. The van der Waals surface area contributed by atoms with Crippen LogP contribution in [0.15, 0.2) is 22.9 Å². The normalized spacial score (nSPS) is 10.3. The fraction of sp³-hybridized carbons (Fsp3) is 0.333. The number of rotatable bonds is 4. The number of carbonyl (C=O) groups excluding carboxylic acids is 1. The Morgan fingerprint density at radius 3 is 3.06 bits per heavy atom. The quantitative estimate of drug-likeness (QED) is 0.763. The van der Waals surface area contributed by atoms with Crippen LogP contribution in [0.5, 0.6) is 0 Å². The molecule has 0 fully saturated rings. The third-order valence-corrected chi connectivity index (χ3v) is 2.22. The van der Waals surface area contributed by atoms with Gasteiger partial charge in [-0.1, -0.05) is 5.16 Å². The zero-order valence-corrected chi connectivity index (χ0v) is 10.2. The lowest BCUT2D eigenvalue weighted by atomic mass is 10.2. The summed E-state index contributed by atoms with van der Waals surface area (Å²) >= 11 is 0. The predicted molar refractivity (Wildman–Crippen MR) is 62.6 cm³/mol. The number of carbonyl (C=O) groups is 1. The first-order valence-corrected chi connectivity index (χ1v) is 5.60. The van der Waals surface area contributed by atoms with E-state index in [-0.39, 0.29) is 18.3 Å². The maximum absolute atomic E-state index is 11.3. The number of hydrogen-bond acceptors (Lipinski definition) is 6. The van der Waals surface area contributed by atoms with Crippen molar-refractivity contribution in [2.75, 3.05) is 6.61 Å². The lowest BCUT2D eigenvalue weighted by Crippen LogP contribution is -2.07. The Kier molecular flexibility index (Phi) is 3.66. The zero-order chi connectivity index (χ0) is 13.0. The summed E-state index contributed by atoms with van der Waals surface area (Å²) in [5, 5.41) is 3.82. The Hall–Kier alpha value is -2.24. The van der Waals surface area contributed by atoms with Crippen LogP contribution in [0.4, 0.5) is 0 Å². The summed E-state index contributed by atoms with van der Waals surface area (Å²) < 4.78 is 9.80. The molecule has 2 rings (SSSR count). The topological polar surface area (TPSA) is 78.1 Å². The van der Waals surface area contributed by atoms with E-state index in [0.29, 0.717) is 12.4 Å². The van der Waals surface area contributed by atoms with Gasteiger partial charge in [0.2, 0.25) is 11.7 Å². The van der Waals surface area contributed by atoms with Crippen molar-refractivity contribution < 1.29 is 14.1 Å². The van der Waals surface area contributed by atoms with Gasteiger partial charge in [0.25, 0.3) is 0 Å². The highest BCUT2D eigenvalue weighted by Crippen LogP contribution is 2.15. The van der Waals surface area contributed by atoms with Crippen molar-refractivity contribution in [2.45, 2.75) is 20.3 Å². The molecule has 0 aromatic carbocycles. The van der Waals surface area contributed by atoms with Crippen LogP contribution >= 0.6 is 0 Å². The maximum atomic E-state index is 11.3. The molecule has 6 nitrogen and oxygen atoms in total. The molecule has 0 atom stereocenters. The van der Waals surface area contributed by atoms with Crippen LogP contribution in [0.3, 0.4) is 0 Å². The van der Waals surface area contributed by atoms with E-state index in [0.717, 1.165) is 11.3 Å². The molecule has 0 aliphatic heterocycles. The summed E-state index contributed by atoms with van der Waals surface area (Å²) in [4.78, 5) is 19.5. The zero-order valence-electron chi connectivity index (χ0n) is 10.2. The average Bonchev–Trinajstić information content (AvgIpc) is 2.78. The largest absolute Gasteiger partial charge is 0.466 e. The van der Waals surface area contributed by atoms with E-state index < -0.39 is 0 Å². The fourth-order valence-electron chi connectivity index (χ4n) is 1.46. The average molecular weight is 247 g/mol. The van der Waals surface area contributed by atoms with Crippen molar-refractivity contribution in [3.8, 4) is 11.4 Å². The highest BCUT2D eigenvalue weighted by Gasteiger charge is 2.13. The Labute approximate surface area is 104 Å². The van der Waals surface area contributed by atoms with E-state index in [1.165, 1.54) is 0 Å². The van der Waals surface area contributed by atoms with E-state index in [1.807, 2.05) is 13.0 Å². The van der Waals surface area contributed by atoms with E-state index >= 15 is 0 Å². The molecule has 0 bridgehead atoms. The molecule has 2 aromatic heterocycles. The molecule has 0 spiro atoms. The Morgan fingerprint density at radius 1 is 1.50 bits per heavy atom. The molecule has 6 heteroatoms. The number of ether oxygens (including phenoxy) is 1. The lowest BCUT2D eigenvalue weighted by Gasteiger charge is -1.96. The van der Waals surface area contributed by atoms with Gasteiger partial charge < -0.3 is 9.26 Å². The van der Waals surface area contributed by atoms with Crippen LogP contribution in [0.2, 0.25) is 0 Å². The SMILES string of the molecule is CCOC(=O)Cc1nc(-c2ccnc(C)c2)no1. The van der Waals surface area contributed by atoms with Gasteiger partial charge in [0.05, 0.1) is 6.61 Å². The molecule has 0 aliphatic carbocycles. The van der Waals surface area contributed by atoms with Crippen molar-refractivity contribution >= 4 is 5.97 Å². The van der Waals surface area contributed by atoms with Crippen molar-refractivity contribution in [1.29, 1.82) is 0 Å². The van der Waals surface area contributed by atoms with Gasteiger partial charge in [-0.3, -0.25) is 9.78 Å². The molecule has 94 valence electrons. The number of aromatic nitrogens is 3. The summed E-state index contributed by atoms with van der Waals surface area (Å²) in [7, 11) is 0. The highest BCUT2D eigenvalue weighted by molar-refractivity contribution is 5.71. The van der Waals surface area contributed by atoms with Gasteiger partial charge in [0.15, 0.2) is 0 Å². The summed E-state index contributed by atoms with van der Waals surface area (Å²) in [6.45, 7) is 3.96. The molecule has 0 saturated carbocycles. The monoisotopic (exact) mass is 247 g/mol. The third-order valence-electron chi connectivity index (χ3n) is 2.22. The van der Waals surface area contributed by atoms with Crippen molar-refractivity contribution in [3.63, 3.8) is 0 Å². The van der Waals surface area contributed by atoms with E-state index in [1.54, 1.807) is 19.2 Å². The van der Waals surface area contributed by atoms with Crippen LogP contribution in [0.1, 0.15) is 18.5 Å². The first kappa shape index (κ1) is 12.2. The van der Waals surface area contributed by atoms with Crippen LogP contribution in [-0.4, -0.2) is 27.7 Å². The van der Waals surface area contributed by atoms with Gasteiger partial charge >= 0.3 is 5.97 Å². The number of hydrogen-bond donors (Lipinski definition) is 0. The standard InChI is InChI=1S/C12H13N3O3/c1-3-17-11(16)7-10-14-12(15-18-10)9-4-5-13-8(2)6-9/h4-6H,3,7H2,1-2H3. The first-order chi connectivity index (χ1) is 8.69. The third kappa shape index (κ3) is 2.91. The number of nitrogens with zero attached hydrogens (tertiary/aromatic N) is 3. The number of aryl methyl sites for hydroxylation is 1. The summed E-state index contributed by atoms with van der Waals surface area (Å²) in [5.41, 5.74) is 1.67. The maximum Gasteiger partial charge on any atom is 0.315 e. The molecule has 2 heterocycles. The Morgan fingerprint density at radius 2 is 2.33 bits per heavy atom. The summed E-state index contributed by atoms with van der Waals surface area (Å²) in [6.07, 6.45) is 1.66. The van der Waals surface area contributed by atoms with Crippen LogP contribution in [0, 0.1) is 6.92 Å². The van der Waals surface area contributed by atoms with E-state index in [4.69, 9.17) is 9.26 Å². The second kappa shape index (κ2) is 5.39. The highest BCUT2D eigenvalue weighted by atomic mass is 16.5. The van der Waals surface area contributed by atoms with Crippen molar-refractivity contribution in [2.24, 2.45) is 0 Å². The fourth-order valence-corrected chi connectivity index (χ4v) is 1.46. The first-order valence-electron chi connectivity index (χ1n) is 5.60. The van der Waals surface area contributed by atoms with Gasteiger partial charge in [0, 0.05) is 17.5 Å². The van der Waals surface area contributed by atoms with Crippen molar-refractivity contribution in [1.82, 2.24) is 15.1 Å². The van der Waals surface area contributed by atoms with Gasteiger partial charge in [0.1, 0.15) is 6.42 Å². The number of esters is 1. The van der Waals surface area contributed by atoms with E-state index in [2.05, 4.69) is 15.1 Å². The minimum Gasteiger partial charge on any atom is -0.466 e. The van der Waals surface area contributed by atoms with Crippen LogP contribution < -0.4 is 0 Å². The Bertz CT molecular complexity index is 551. The second-order valence-electron chi connectivity index (χ2n) is 3.68. The molecular weight excluding hydrogens is 234 g/mol. The molecule has 0 radical (unpaired) electrons. The summed E-state index contributed by atoms with van der Waals surface area (Å²) in [6, 6.07) is 3.63. The Balaban J connectivity index is 2.13. The van der Waals surface area contributed by atoms with Gasteiger partial charge in [-0.2, -0.15) is 4.98 Å².